The SMILES string of the molecule is N#CC1=C(N)Oc2ccccc2C1C(C#N)C#N. The predicted molar refractivity (Wildman–Crippen MR) is 61.4 cm³/mol. The number of hydrogen-bond acceptors (Lipinski definition) is 5. The summed E-state index contributed by atoms with van der Waals surface area (Å²) < 4.78 is 5.32. The lowest BCUT2D eigenvalue weighted by atomic mass is 9.80. The van der Waals surface area contributed by atoms with Gasteiger partial charge in [0, 0.05) is 5.56 Å². The van der Waals surface area contributed by atoms with Gasteiger partial charge in [-0.05, 0) is 6.07 Å². The van der Waals surface area contributed by atoms with E-state index in [9.17, 15) is 0 Å². The molecule has 1 aromatic carbocycles. The van der Waals surface area contributed by atoms with Crippen LogP contribution in [0.4, 0.5) is 0 Å². The van der Waals surface area contributed by atoms with Crippen molar-refractivity contribution in [3.8, 4) is 24.0 Å². The Morgan fingerprint density at radius 1 is 1.17 bits per heavy atom. The van der Waals surface area contributed by atoms with Crippen molar-refractivity contribution in [2.75, 3.05) is 0 Å². The third kappa shape index (κ3) is 1.63. The number of rotatable bonds is 1. The van der Waals surface area contributed by atoms with Crippen LogP contribution in [0.25, 0.3) is 0 Å². The van der Waals surface area contributed by atoms with Crippen molar-refractivity contribution in [3.63, 3.8) is 0 Å². The first-order valence-electron chi connectivity index (χ1n) is 5.18. The molecule has 0 aromatic heterocycles. The molecule has 1 aliphatic rings. The van der Waals surface area contributed by atoms with Crippen molar-refractivity contribution >= 4 is 0 Å². The van der Waals surface area contributed by atoms with Crippen molar-refractivity contribution in [1.29, 1.82) is 15.8 Å². The van der Waals surface area contributed by atoms with Crippen LogP contribution in [0.5, 0.6) is 5.75 Å². The Balaban J connectivity index is 2.64. The van der Waals surface area contributed by atoms with Gasteiger partial charge in [-0.25, -0.2) is 0 Å². The molecule has 0 bridgehead atoms. The van der Waals surface area contributed by atoms with E-state index in [-0.39, 0.29) is 11.5 Å². The number of ether oxygens (including phenoxy) is 1. The van der Waals surface area contributed by atoms with E-state index in [1.807, 2.05) is 18.2 Å². The Kier molecular flexibility index (Phi) is 2.87. The standard InChI is InChI=1S/C13H8N4O/c14-5-8(6-15)12-9-3-1-2-4-11(9)18-13(17)10(12)7-16/h1-4,8,12H,17H2. The number of allylic oxidation sites excluding steroid dienone is 1. The Labute approximate surface area is 104 Å². The van der Waals surface area contributed by atoms with E-state index < -0.39 is 11.8 Å². The molecule has 5 nitrogen and oxygen atoms in total. The molecule has 86 valence electrons. The molecule has 1 atom stereocenters. The molecular weight excluding hydrogens is 228 g/mol. The lowest BCUT2D eigenvalue weighted by molar-refractivity contribution is 0.383. The molecule has 1 aromatic rings. The molecule has 0 saturated heterocycles. The van der Waals surface area contributed by atoms with Crippen LogP contribution >= 0.6 is 0 Å². The second kappa shape index (κ2) is 4.49. The maximum Gasteiger partial charge on any atom is 0.205 e. The summed E-state index contributed by atoms with van der Waals surface area (Å²) in [5.41, 5.74) is 6.42. The molecular formula is C13H8N4O. The molecule has 2 N–H and O–H groups in total. The van der Waals surface area contributed by atoms with E-state index in [2.05, 4.69) is 0 Å². The summed E-state index contributed by atoms with van der Waals surface area (Å²) in [6.07, 6.45) is 0. The van der Waals surface area contributed by atoms with Crippen LogP contribution in [0.1, 0.15) is 11.5 Å². The van der Waals surface area contributed by atoms with Crippen LogP contribution in [-0.2, 0) is 0 Å². The van der Waals surface area contributed by atoms with Gasteiger partial charge in [-0.2, -0.15) is 15.8 Å². The summed E-state index contributed by atoms with van der Waals surface area (Å²) in [4.78, 5) is 0. The predicted octanol–water partition coefficient (Wildman–Crippen LogP) is 1.52. The monoisotopic (exact) mass is 236 g/mol. The third-order valence-electron chi connectivity index (χ3n) is 2.78. The number of para-hydroxylation sites is 1. The fourth-order valence-electron chi connectivity index (χ4n) is 1.96. The van der Waals surface area contributed by atoms with Crippen LogP contribution in [0, 0.1) is 39.9 Å². The van der Waals surface area contributed by atoms with Crippen LogP contribution < -0.4 is 10.5 Å². The van der Waals surface area contributed by atoms with Gasteiger partial charge >= 0.3 is 0 Å². The lowest BCUT2D eigenvalue weighted by Crippen LogP contribution is -2.24. The first-order chi connectivity index (χ1) is 8.72. The zero-order valence-electron chi connectivity index (χ0n) is 9.29. The minimum Gasteiger partial charge on any atom is -0.440 e. The van der Waals surface area contributed by atoms with Crippen molar-refractivity contribution < 1.29 is 4.74 Å². The number of hydrogen-bond donors (Lipinski definition) is 1. The van der Waals surface area contributed by atoms with E-state index in [4.69, 9.17) is 26.3 Å². The minimum atomic E-state index is -0.969. The minimum absolute atomic E-state index is 0.0447. The van der Waals surface area contributed by atoms with E-state index in [0.29, 0.717) is 11.3 Å². The quantitative estimate of drug-likeness (QED) is 0.795. The molecule has 1 aliphatic heterocycles. The summed E-state index contributed by atoms with van der Waals surface area (Å²) in [6, 6.07) is 12.6. The first-order valence-corrected chi connectivity index (χ1v) is 5.18. The second-order valence-electron chi connectivity index (χ2n) is 3.74. The third-order valence-corrected chi connectivity index (χ3v) is 2.78. The first kappa shape index (κ1) is 11.5. The molecule has 5 heteroatoms. The molecule has 2 rings (SSSR count). The maximum atomic E-state index is 9.11. The summed E-state index contributed by atoms with van der Waals surface area (Å²) in [7, 11) is 0. The molecule has 0 amide bonds. The highest BCUT2D eigenvalue weighted by Crippen LogP contribution is 2.41. The van der Waals surface area contributed by atoms with Gasteiger partial charge in [-0.1, -0.05) is 18.2 Å². The second-order valence-corrected chi connectivity index (χ2v) is 3.74. The van der Waals surface area contributed by atoms with Crippen molar-refractivity contribution in [2.24, 2.45) is 11.7 Å². The van der Waals surface area contributed by atoms with Crippen LogP contribution in [0.15, 0.2) is 35.7 Å². The molecule has 0 radical (unpaired) electrons. The topological polar surface area (TPSA) is 107 Å². The summed E-state index contributed by atoms with van der Waals surface area (Å²) in [5, 5.41) is 27.1. The highest BCUT2D eigenvalue weighted by Gasteiger charge is 2.35. The van der Waals surface area contributed by atoms with Gasteiger partial charge < -0.3 is 10.5 Å². The number of benzene rings is 1. The smallest absolute Gasteiger partial charge is 0.205 e. The normalized spacial score (nSPS) is 17.1. The van der Waals surface area contributed by atoms with E-state index in [1.165, 1.54) is 0 Å². The average molecular weight is 236 g/mol. The molecule has 1 heterocycles. The van der Waals surface area contributed by atoms with Gasteiger partial charge in [0.15, 0.2) is 0 Å². The highest BCUT2D eigenvalue weighted by atomic mass is 16.5. The summed E-state index contributed by atoms with van der Waals surface area (Å²) >= 11 is 0. The van der Waals surface area contributed by atoms with Crippen LogP contribution in [0.3, 0.4) is 0 Å². The maximum absolute atomic E-state index is 9.11. The number of nitrogens with two attached hydrogens (primary N) is 1. The van der Waals surface area contributed by atoms with Gasteiger partial charge in [0.2, 0.25) is 5.88 Å². The lowest BCUT2D eigenvalue weighted by Gasteiger charge is -2.26. The van der Waals surface area contributed by atoms with Crippen LogP contribution in [-0.4, -0.2) is 0 Å². The molecule has 18 heavy (non-hydrogen) atoms. The summed E-state index contributed by atoms with van der Waals surface area (Å²) in [6.45, 7) is 0. The fraction of sp³-hybridized carbons (Fsp3) is 0.154. The van der Waals surface area contributed by atoms with E-state index in [0.717, 1.165) is 0 Å². The Morgan fingerprint density at radius 2 is 1.83 bits per heavy atom. The molecule has 0 fully saturated rings. The average Bonchev–Trinajstić information content (AvgIpc) is 2.40. The van der Waals surface area contributed by atoms with Gasteiger partial charge in [0.25, 0.3) is 0 Å². The van der Waals surface area contributed by atoms with Crippen molar-refractivity contribution in [2.45, 2.75) is 5.92 Å². The highest BCUT2D eigenvalue weighted by molar-refractivity contribution is 5.51. The molecule has 1 unspecified atom stereocenters. The molecule has 0 spiro atoms. The Bertz CT molecular complexity index is 628. The van der Waals surface area contributed by atoms with Crippen molar-refractivity contribution in [1.82, 2.24) is 0 Å². The van der Waals surface area contributed by atoms with Gasteiger partial charge in [0.1, 0.15) is 17.7 Å². The van der Waals surface area contributed by atoms with Gasteiger partial charge in [-0.3, -0.25) is 0 Å². The fourth-order valence-corrected chi connectivity index (χ4v) is 1.96. The Morgan fingerprint density at radius 3 is 2.44 bits per heavy atom. The van der Waals surface area contributed by atoms with Gasteiger partial charge in [-0.15, -0.1) is 0 Å². The number of nitriles is 3. The number of fused-ring (bicyclic) bond motifs is 1. The van der Waals surface area contributed by atoms with Gasteiger partial charge in [0.05, 0.1) is 23.6 Å². The summed E-state index contributed by atoms with van der Waals surface area (Å²) in [5.74, 6) is -1.19. The zero-order chi connectivity index (χ0) is 13.1. The van der Waals surface area contributed by atoms with Crippen molar-refractivity contribution in [3.05, 3.63) is 41.3 Å². The van der Waals surface area contributed by atoms with E-state index in [1.54, 1.807) is 24.3 Å². The zero-order valence-corrected chi connectivity index (χ0v) is 9.29. The van der Waals surface area contributed by atoms with Crippen LogP contribution in [0.2, 0.25) is 0 Å². The Hall–Kier alpha value is -2.97. The molecule has 0 saturated carbocycles. The number of nitrogens with zero attached hydrogens (tertiary/aromatic N) is 3. The largest absolute Gasteiger partial charge is 0.440 e. The van der Waals surface area contributed by atoms with E-state index >= 15 is 0 Å². The molecule has 0 aliphatic carbocycles.